The van der Waals surface area contributed by atoms with E-state index in [2.05, 4.69) is 0 Å². The Bertz CT molecular complexity index is 411. The fourth-order valence-corrected chi connectivity index (χ4v) is 1.90. The number of carbonyl (C=O) groups is 1. The molecule has 1 amide bonds. The first-order valence-corrected chi connectivity index (χ1v) is 5.98. The van der Waals surface area contributed by atoms with Gasteiger partial charge in [-0.15, -0.1) is 0 Å². The van der Waals surface area contributed by atoms with Gasteiger partial charge < -0.3 is 19.2 Å². The quantitative estimate of drug-likeness (QED) is 0.832. The van der Waals surface area contributed by atoms with Crippen molar-refractivity contribution in [2.45, 2.75) is 20.8 Å². The fraction of sp³-hybridized carbons (Fsp3) is 0.615. The Balaban J connectivity index is 2.94. The van der Waals surface area contributed by atoms with Gasteiger partial charge in [-0.2, -0.15) is 0 Å². The number of aryl methyl sites for hydroxylation is 2. The lowest BCUT2D eigenvalue weighted by Crippen LogP contribution is -2.36. The molecule has 1 aromatic heterocycles. The Morgan fingerprint density at radius 1 is 1.28 bits per heavy atom. The molecule has 1 aromatic rings. The van der Waals surface area contributed by atoms with Gasteiger partial charge in [0.15, 0.2) is 0 Å². The molecule has 0 aliphatic carbocycles. The third-order valence-corrected chi connectivity index (χ3v) is 3.00. The third-order valence-electron chi connectivity index (χ3n) is 3.00. The summed E-state index contributed by atoms with van der Waals surface area (Å²) >= 11 is 0. The maximum atomic E-state index is 12.4. The molecule has 18 heavy (non-hydrogen) atoms. The van der Waals surface area contributed by atoms with E-state index in [1.165, 1.54) is 0 Å². The molecule has 0 atom stereocenters. The molecule has 0 bridgehead atoms. The Morgan fingerprint density at radius 3 is 2.39 bits per heavy atom. The second-order valence-corrected chi connectivity index (χ2v) is 4.22. The number of nitrogens with zero attached hydrogens (tertiary/aromatic N) is 1. The van der Waals surface area contributed by atoms with E-state index in [9.17, 15) is 4.79 Å². The number of amides is 1. The lowest BCUT2D eigenvalue weighted by Gasteiger charge is -2.21. The molecule has 1 N–H and O–H groups in total. The van der Waals surface area contributed by atoms with E-state index in [0.29, 0.717) is 31.0 Å². The largest absolute Gasteiger partial charge is 0.466 e. The van der Waals surface area contributed by atoms with Crippen molar-refractivity contribution in [3.05, 3.63) is 22.6 Å². The maximum Gasteiger partial charge on any atom is 0.257 e. The zero-order chi connectivity index (χ0) is 13.7. The molecule has 0 aliphatic heterocycles. The topological polar surface area (TPSA) is 62.9 Å². The molecule has 0 aromatic carbocycles. The Hall–Kier alpha value is -1.33. The van der Waals surface area contributed by atoms with E-state index < -0.39 is 0 Å². The maximum absolute atomic E-state index is 12.4. The highest BCUT2D eigenvalue weighted by Crippen LogP contribution is 2.22. The number of ether oxygens (including phenoxy) is 1. The van der Waals surface area contributed by atoms with Crippen LogP contribution >= 0.6 is 0 Å². The molecule has 1 heterocycles. The number of hydrogen-bond acceptors (Lipinski definition) is 4. The number of rotatable bonds is 6. The van der Waals surface area contributed by atoms with E-state index in [4.69, 9.17) is 14.3 Å². The lowest BCUT2D eigenvalue weighted by molar-refractivity contribution is 0.0654. The van der Waals surface area contributed by atoms with Crippen LogP contribution in [0.15, 0.2) is 4.42 Å². The van der Waals surface area contributed by atoms with Crippen molar-refractivity contribution in [2.24, 2.45) is 0 Å². The molecule has 0 aliphatic rings. The van der Waals surface area contributed by atoms with Crippen molar-refractivity contribution < 1.29 is 19.1 Å². The van der Waals surface area contributed by atoms with Crippen LogP contribution in [0.25, 0.3) is 0 Å². The number of furan rings is 1. The van der Waals surface area contributed by atoms with Crippen molar-refractivity contribution >= 4 is 5.91 Å². The van der Waals surface area contributed by atoms with Gasteiger partial charge in [0.05, 0.1) is 18.8 Å². The van der Waals surface area contributed by atoms with Gasteiger partial charge >= 0.3 is 0 Å². The normalized spacial score (nSPS) is 10.7. The molecule has 0 fully saturated rings. The second kappa shape index (κ2) is 6.56. The molecule has 102 valence electrons. The Labute approximate surface area is 107 Å². The molecule has 0 saturated heterocycles. The molecular formula is C13H21NO4. The van der Waals surface area contributed by atoms with Crippen LogP contribution < -0.4 is 0 Å². The standard InChI is InChI=1S/C13H21NO4/c1-9-10(2)18-11(3)12(9)13(16)14(5-7-15)6-8-17-4/h15H,5-8H2,1-4H3. The summed E-state index contributed by atoms with van der Waals surface area (Å²) in [7, 11) is 1.58. The van der Waals surface area contributed by atoms with Crippen molar-refractivity contribution in [2.75, 3.05) is 33.4 Å². The monoisotopic (exact) mass is 255 g/mol. The molecule has 0 spiro atoms. The van der Waals surface area contributed by atoms with Crippen LogP contribution in [0.4, 0.5) is 0 Å². The van der Waals surface area contributed by atoms with Gasteiger partial charge in [-0.1, -0.05) is 0 Å². The Kier molecular flexibility index (Phi) is 5.37. The van der Waals surface area contributed by atoms with Crippen molar-refractivity contribution in [3.8, 4) is 0 Å². The predicted molar refractivity (Wildman–Crippen MR) is 67.8 cm³/mol. The van der Waals surface area contributed by atoms with Crippen LogP contribution in [0.1, 0.15) is 27.4 Å². The highest BCUT2D eigenvalue weighted by atomic mass is 16.5. The van der Waals surface area contributed by atoms with Gasteiger partial charge in [0.25, 0.3) is 5.91 Å². The number of carbonyl (C=O) groups excluding carboxylic acids is 1. The molecule has 0 radical (unpaired) electrons. The van der Waals surface area contributed by atoms with E-state index in [0.717, 1.165) is 11.3 Å². The minimum Gasteiger partial charge on any atom is -0.466 e. The minimum absolute atomic E-state index is 0.0651. The summed E-state index contributed by atoms with van der Waals surface area (Å²) in [5, 5.41) is 9.02. The van der Waals surface area contributed by atoms with Gasteiger partial charge in [0, 0.05) is 25.8 Å². The zero-order valence-corrected chi connectivity index (χ0v) is 11.4. The minimum atomic E-state index is -0.118. The van der Waals surface area contributed by atoms with Crippen molar-refractivity contribution in [1.29, 1.82) is 0 Å². The summed E-state index contributed by atoms with van der Waals surface area (Å²) in [6, 6.07) is 0. The van der Waals surface area contributed by atoms with Gasteiger partial charge in [-0.25, -0.2) is 0 Å². The summed E-state index contributed by atoms with van der Waals surface area (Å²) in [6.45, 7) is 6.62. The Morgan fingerprint density at radius 2 is 1.94 bits per heavy atom. The van der Waals surface area contributed by atoms with Crippen molar-refractivity contribution in [3.63, 3.8) is 0 Å². The van der Waals surface area contributed by atoms with Gasteiger partial charge in [0.2, 0.25) is 0 Å². The van der Waals surface area contributed by atoms with Crippen LogP contribution in [-0.2, 0) is 4.74 Å². The first-order chi connectivity index (χ1) is 8.52. The molecule has 1 rings (SSSR count). The van der Waals surface area contributed by atoms with E-state index in [1.807, 2.05) is 13.8 Å². The summed E-state index contributed by atoms with van der Waals surface area (Å²) < 4.78 is 10.4. The van der Waals surface area contributed by atoms with E-state index in [-0.39, 0.29) is 12.5 Å². The predicted octanol–water partition coefficient (Wildman–Crippen LogP) is 1.29. The van der Waals surface area contributed by atoms with Crippen molar-refractivity contribution in [1.82, 2.24) is 4.90 Å². The summed E-state index contributed by atoms with van der Waals surface area (Å²) in [6.07, 6.45) is 0. The highest BCUT2D eigenvalue weighted by Gasteiger charge is 2.23. The fourth-order valence-electron chi connectivity index (χ4n) is 1.90. The molecular weight excluding hydrogens is 234 g/mol. The molecule has 5 heteroatoms. The van der Waals surface area contributed by atoms with Gasteiger partial charge in [-0.05, 0) is 20.8 Å². The molecule has 0 saturated carbocycles. The number of aliphatic hydroxyl groups is 1. The SMILES string of the molecule is COCCN(CCO)C(=O)c1c(C)oc(C)c1C. The summed E-state index contributed by atoms with van der Waals surface area (Å²) in [5.41, 5.74) is 1.45. The van der Waals surface area contributed by atoms with Crippen LogP contribution in [0.3, 0.4) is 0 Å². The zero-order valence-electron chi connectivity index (χ0n) is 11.4. The first kappa shape index (κ1) is 14.7. The number of aliphatic hydroxyl groups excluding tert-OH is 1. The number of methoxy groups -OCH3 is 1. The first-order valence-electron chi connectivity index (χ1n) is 5.98. The molecule has 5 nitrogen and oxygen atoms in total. The average Bonchev–Trinajstić information content (AvgIpc) is 2.58. The van der Waals surface area contributed by atoms with Crippen LogP contribution in [0.2, 0.25) is 0 Å². The third kappa shape index (κ3) is 3.11. The summed E-state index contributed by atoms with van der Waals surface area (Å²) in [4.78, 5) is 14.0. The van der Waals surface area contributed by atoms with Gasteiger partial charge in [-0.3, -0.25) is 4.79 Å². The number of hydrogen-bond donors (Lipinski definition) is 1. The van der Waals surface area contributed by atoms with Crippen LogP contribution in [0.5, 0.6) is 0 Å². The lowest BCUT2D eigenvalue weighted by atomic mass is 10.1. The smallest absolute Gasteiger partial charge is 0.257 e. The summed E-state index contributed by atoms with van der Waals surface area (Å²) in [5.74, 6) is 1.26. The van der Waals surface area contributed by atoms with Crippen LogP contribution in [0, 0.1) is 20.8 Å². The second-order valence-electron chi connectivity index (χ2n) is 4.22. The van der Waals surface area contributed by atoms with Crippen LogP contribution in [-0.4, -0.2) is 49.3 Å². The molecule has 0 unspecified atom stereocenters. The van der Waals surface area contributed by atoms with E-state index in [1.54, 1.807) is 18.9 Å². The average molecular weight is 255 g/mol. The highest BCUT2D eigenvalue weighted by molar-refractivity contribution is 5.96. The van der Waals surface area contributed by atoms with Gasteiger partial charge in [0.1, 0.15) is 11.5 Å². The van der Waals surface area contributed by atoms with E-state index >= 15 is 0 Å².